The van der Waals surface area contributed by atoms with E-state index in [9.17, 15) is 13.7 Å². The molecular formula is C4H11O9P3. The van der Waals surface area contributed by atoms with Crippen molar-refractivity contribution in [1.29, 1.82) is 0 Å². The van der Waals surface area contributed by atoms with Gasteiger partial charge in [-0.3, -0.25) is 13.7 Å². The number of hydrogen-bond donors (Lipinski definition) is 6. The fourth-order valence-corrected chi connectivity index (χ4v) is 6.01. The summed E-state index contributed by atoms with van der Waals surface area (Å²) >= 11 is 0. The average molecular weight is 296 g/mol. The van der Waals surface area contributed by atoms with Crippen LogP contribution in [-0.4, -0.2) is 34.8 Å². The van der Waals surface area contributed by atoms with Crippen LogP contribution in [0.1, 0.15) is 6.92 Å². The molecule has 0 radical (unpaired) electrons. The quantitative estimate of drug-likeness (QED) is 0.382. The fourth-order valence-electron chi connectivity index (χ4n) is 1.01. The largest absolute Gasteiger partial charge is 0.353 e. The SMILES string of the molecule is CC=C(C(P(=O)(O)O)P(=O)(O)O)P(=O)(O)O. The van der Waals surface area contributed by atoms with Gasteiger partial charge in [0.2, 0.25) is 0 Å². The standard InChI is InChI=1S/C4H11O9P3/c1-2-3(14(5,6)7)4(15(8,9)10)16(11,12)13/h2,4H,1H3,(H2,5,6,7)(H2,8,9,10)(H2,11,12,13). The Hall–Kier alpha value is 0.190. The van der Waals surface area contributed by atoms with Gasteiger partial charge in [-0.05, 0) is 6.92 Å². The molecule has 96 valence electrons. The van der Waals surface area contributed by atoms with Gasteiger partial charge in [-0.2, -0.15) is 0 Å². The third-order valence-electron chi connectivity index (χ3n) is 1.53. The van der Waals surface area contributed by atoms with Crippen LogP contribution in [0.3, 0.4) is 0 Å². The van der Waals surface area contributed by atoms with E-state index in [-0.39, 0.29) is 0 Å². The van der Waals surface area contributed by atoms with E-state index in [0.29, 0.717) is 6.08 Å². The van der Waals surface area contributed by atoms with Gasteiger partial charge in [-0.1, -0.05) is 6.08 Å². The zero-order valence-electron chi connectivity index (χ0n) is 7.90. The summed E-state index contributed by atoms with van der Waals surface area (Å²) in [4.78, 5) is 52.3. The van der Waals surface area contributed by atoms with Crippen molar-refractivity contribution in [3.63, 3.8) is 0 Å². The Bertz CT molecular complexity index is 398. The normalized spacial score (nSPS) is 15.6. The highest BCUT2D eigenvalue weighted by atomic mass is 31.2. The van der Waals surface area contributed by atoms with Gasteiger partial charge in [-0.15, -0.1) is 0 Å². The van der Waals surface area contributed by atoms with Crippen molar-refractivity contribution >= 4 is 22.8 Å². The second-order valence-electron chi connectivity index (χ2n) is 2.81. The summed E-state index contributed by atoms with van der Waals surface area (Å²) in [6, 6.07) is 0. The topological polar surface area (TPSA) is 173 Å². The minimum Gasteiger partial charge on any atom is -0.324 e. The van der Waals surface area contributed by atoms with Crippen LogP contribution in [0.15, 0.2) is 11.4 Å². The molecule has 0 atom stereocenters. The Balaban J connectivity index is 5.85. The van der Waals surface area contributed by atoms with Crippen LogP contribution < -0.4 is 0 Å². The summed E-state index contributed by atoms with van der Waals surface area (Å²) in [6.45, 7) is 1.01. The van der Waals surface area contributed by atoms with Crippen molar-refractivity contribution in [1.82, 2.24) is 0 Å². The molecule has 0 heterocycles. The van der Waals surface area contributed by atoms with E-state index < -0.39 is 33.5 Å². The highest BCUT2D eigenvalue weighted by Crippen LogP contribution is 2.68. The lowest BCUT2D eigenvalue weighted by Gasteiger charge is -2.22. The Morgan fingerprint density at radius 2 is 1.25 bits per heavy atom. The first-order chi connectivity index (χ1) is 6.81. The van der Waals surface area contributed by atoms with Gasteiger partial charge in [0.25, 0.3) is 0 Å². The molecule has 6 N–H and O–H groups in total. The molecule has 0 rings (SSSR count). The third-order valence-corrected chi connectivity index (χ3v) is 6.77. The highest BCUT2D eigenvalue weighted by Gasteiger charge is 2.50. The summed E-state index contributed by atoms with van der Waals surface area (Å²) in [6.07, 6.45) is 0.587. The molecule has 0 aromatic carbocycles. The molecule has 0 aliphatic rings. The number of hydrogen-bond acceptors (Lipinski definition) is 3. The first-order valence-corrected chi connectivity index (χ1v) is 8.62. The highest BCUT2D eigenvalue weighted by molar-refractivity contribution is 7.73. The minimum absolute atomic E-state index is 0.587. The molecule has 9 nitrogen and oxygen atoms in total. The fraction of sp³-hybridized carbons (Fsp3) is 0.500. The van der Waals surface area contributed by atoms with E-state index in [2.05, 4.69) is 0 Å². The maximum absolute atomic E-state index is 10.8. The van der Waals surface area contributed by atoms with Crippen LogP contribution in [0.5, 0.6) is 0 Å². The zero-order chi connectivity index (χ0) is 13.4. The summed E-state index contributed by atoms with van der Waals surface area (Å²) in [5.41, 5.74) is 0. The van der Waals surface area contributed by atoms with Gasteiger partial charge in [-0.25, -0.2) is 0 Å². The summed E-state index contributed by atoms with van der Waals surface area (Å²) < 4.78 is 32.5. The molecule has 0 unspecified atom stereocenters. The van der Waals surface area contributed by atoms with E-state index in [4.69, 9.17) is 29.4 Å². The predicted octanol–water partition coefficient (Wildman–Crippen LogP) is -0.251. The van der Waals surface area contributed by atoms with Crippen LogP contribution in [0.2, 0.25) is 0 Å². The van der Waals surface area contributed by atoms with Crippen molar-refractivity contribution in [2.24, 2.45) is 0 Å². The second kappa shape index (κ2) is 4.82. The Kier molecular flexibility index (Phi) is 4.88. The van der Waals surface area contributed by atoms with E-state index in [0.717, 1.165) is 6.92 Å². The molecule has 0 bridgehead atoms. The Morgan fingerprint density at radius 3 is 1.31 bits per heavy atom. The van der Waals surface area contributed by atoms with Gasteiger partial charge < -0.3 is 29.4 Å². The Labute approximate surface area is 90.3 Å². The van der Waals surface area contributed by atoms with Crippen molar-refractivity contribution < 1.29 is 43.1 Å². The second-order valence-corrected chi connectivity index (χ2v) is 8.21. The monoisotopic (exact) mass is 296 g/mol. The predicted molar refractivity (Wildman–Crippen MR) is 53.7 cm³/mol. The van der Waals surface area contributed by atoms with E-state index >= 15 is 0 Å². The van der Waals surface area contributed by atoms with E-state index in [1.807, 2.05) is 0 Å². The van der Waals surface area contributed by atoms with E-state index in [1.54, 1.807) is 0 Å². The molecule has 16 heavy (non-hydrogen) atoms. The molecule has 0 aliphatic heterocycles. The van der Waals surface area contributed by atoms with Crippen LogP contribution in [-0.2, 0) is 13.7 Å². The van der Waals surface area contributed by atoms with Crippen LogP contribution in [0.4, 0.5) is 0 Å². The van der Waals surface area contributed by atoms with Crippen LogP contribution in [0.25, 0.3) is 0 Å². The molecule has 0 saturated carbocycles. The molecule has 0 saturated heterocycles. The lowest BCUT2D eigenvalue weighted by molar-refractivity contribution is 0.339. The molecular weight excluding hydrogens is 285 g/mol. The van der Waals surface area contributed by atoms with Crippen LogP contribution >= 0.6 is 22.8 Å². The number of allylic oxidation sites excluding steroid dienone is 2. The van der Waals surface area contributed by atoms with Crippen LogP contribution in [0, 0.1) is 0 Å². The first-order valence-electron chi connectivity index (χ1n) is 3.64. The van der Waals surface area contributed by atoms with Gasteiger partial charge in [0.15, 0.2) is 5.40 Å². The first kappa shape index (κ1) is 16.2. The lowest BCUT2D eigenvalue weighted by Crippen LogP contribution is -2.13. The third kappa shape index (κ3) is 4.22. The molecule has 0 aliphatic carbocycles. The smallest absolute Gasteiger partial charge is 0.324 e. The maximum atomic E-state index is 10.8. The molecule has 0 amide bonds. The molecule has 0 aromatic rings. The average Bonchev–Trinajstić information content (AvgIpc) is 1.91. The van der Waals surface area contributed by atoms with Gasteiger partial charge in [0, 0.05) is 0 Å². The van der Waals surface area contributed by atoms with Crippen molar-refractivity contribution in [3.05, 3.63) is 11.4 Å². The minimum atomic E-state index is -5.39. The summed E-state index contributed by atoms with van der Waals surface area (Å²) in [5, 5.41) is -4.08. The molecule has 0 fully saturated rings. The molecule has 0 aromatic heterocycles. The maximum Gasteiger partial charge on any atom is 0.353 e. The Morgan fingerprint density at radius 1 is 0.938 bits per heavy atom. The van der Waals surface area contributed by atoms with Gasteiger partial charge in [0.05, 0.1) is 5.31 Å². The lowest BCUT2D eigenvalue weighted by atomic mass is 10.6. The zero-order valence-corrected chi connectivity index (χ0v) is 10.6. The molecule has 12 heteroatoms. The van der Waals surface area contributed by atoms with Gasteiger partial charge >= 0.3 is 22.8 Å². The van der Waals surface area contributed by atoms with E-state index in [1.165, 1.54) is 0 Å². The number of rotatable bonds is 4. The van der Waals surface area contributed by atoms with Crippen molar-refractivity contribution in [2.75, 3.05) is 0 Å². The summed E-state index contributed by atoms with van der Waals surface area (Å²) in [7, 11) is -15.9. The van der Waals surface area contributed by atoms with Crippen molar-refractivity contribution in [2.45, 2.75) is 12.3 Å². The van der Waals surface area contributed by atoms with Crippen molar-refractivity contribution in [3.8, 4) is 0 Å². The summed E-state index contributed by atoms with van der Waals surface area (Å²) in [5.74, 6) is 0. The molecule has 0 spiro atoms. The van der Waals surface area contributed by atoms with Gasteiger partial charge in [0.1, 0.15) is 0 Å².